The van der Waals surface area contributed by atoms with Gasteiger partial charge in [0, 0.05) is 52.4 Å². The van der Waals surface area contributed by atoms with Crippen molar-refractivity contribution in [3.8, 4) is 0 Å². The molecule has 0 aromatic heterocycles. The van der Waals surface area contributed by atoms with Crippen molar-refractivity contribution in [2.24, 2.45) is 0 Å². The second-order valence-electron chi connectivity index (χ2n) is 4.96. The van der Waals surface area contributed by atoms with Gasteiger partial charge in [-0.2, -0.15) is 0 Å². The number of rotatable bonds is 2. The Bertz CT molecular complexity index is 344. The molecule has 1 aromatic rings. The fourth-order valence-electron chi connectivity index (χ4n) is 2.81. The number of anilines is 2. The predicted octanol–water partition coefficient (Wildman–Crippen LogP) is 0.506. The van der Waals surface area contributed by atoms with Crippen LogP contribution in [0, 0.1) is 0 Å². The average molecular weight is 246 g/mol. The van der Waals surface area contributed by atoms with Crippen LogP contribution in [0.4, 0.5) is 11.4 Å². The van der Waals surface area contributed by atoms with Crippen LogP contribution >= 0.6 is 0 Å². The van der Waals surface area contributed by atoms with Gasteiger partial charge in [-0.15, -0.1) is 0 Å². The highest BCUT2D eigenvalue weighted by atomic mass is 15.2. The molecule has 18 heavy (non-hydrogen) atoms. The molecule has 0 aliphatic carbocycles. The minimum atomic E-state index is 1.09. The molecular weight excluding hydrogens is 224 g/mol. The highest BCUT2D eigenvalue weighted by Gasteiger charge is 2.18. The third-order valence-corrected chi connectivity index (χ3v) is 3.80. The van der Waals surface area contributed by atoms with Crippen molar-refractivity contribution >= 4 is 11.4 Å². The van der Waals surface area contributed by atoms with E-state index in [-0.39, 0.29) is 0 Å². The van der Waals surface area contributed by atoms with Crippen LogP contribution in [-0.2, 0) is 0 Å². The fraction of sp³-hybridized carbons (Fsp3) is 0.571. The molecule has 4 heteroatoms. The largest absolute Gasteiger partial charge is 0.367 e. The van der Waals surface area contributed by atoms with Crippen molar-refractivity contribution in [3.05, 3.63) is 24.3 Å². The van der Waals surface area contributed by atoms with E-state index in [9.17, 15) is 0 Å². The van der Waals surface area contributed by atoms with Crippen LogP contribution in [0.2, 0.25) is 0 Å². The van der Waals surface area contributed by atoms with Crippen molar-refractivity contribution in [2.75, 3.05) is 62.2 Å². The first-order valence-electron chi connectivity index (χ1n) is 6.95. The lowest BCUT2D eigenvalue weighted by atomic mass is 10.2. The smallest absolute Gasteiger partial charge is 0.0605 e. The predicted molar refractivity (Wildman–Crippen MR) is 76.6 cm³/mol. The van der Waals surface area contributed by atoms with Crippen molar-refractivity contribution in [3.63, 3.8) is 0 Å². The van der Waals surface area contributed by atoms with Crippen LogP contribution < -0.4 is 20.4 Å². The Morgan fingerprint density at radius 2 is 1.06 bits per heavy atom. The van der Waals surface area contributed by atoms with E-state index in [0.717, 1.165) is 52.4 Å². The highest BCUT2D eigenvalue weighted by Crippen LogP contribution is 2.29. The molecule has 0 amide bonds. The zero-order valence-corrected chi connectivity index (χ0v) is 10.9. The quantitative estimate of drug-likeness (QED) is 0.796. The third-order valence-electron chi connectivity index (χ3n) is 3.80. The summed E-state index contributed by atoms with van der Waals surface area (Å²) in [7, 11) is 0. The minimum absolute atomic E-state index is 1.09. The fourth-order valence-corrected chi connectivity index (χ4v) is 2.81. The molecule has 0 unspecified atom stereocenters. The van der Waals surface area contributed by atoms with Crippen LogP contribution in [0.15, 0.2) is 24.3 Å². The molecule has 0 bridgehead atoms. The summed E-state index contributed by atoms with van der Waals surface area (Å²) in [5.74, 6) is 0. The maximum atomic E-state index is 3.42. The zero-order valence-electron chi connectivity index (χ0n) is 10.9. The number of benzene rings is 1. The molecule has 0 atom stereocenters. The summed E-state index contributed by atoms with van der Waals surface area (Å²) in [4.78, 5) is 5.02. The van der Waals surface area contributed by atoms with Gasteiger partial charge in [0.25, 0.3) is 0 Å². The SMILES string of the molecule is c1ccc(N2CCNCC2)c(N2CCNCC2)c1. The molecule has 2 fully saturated rings. The molecule has 0 saturated carbocycles. The lowest BCUT2D eigenvalue weighted by Crippen LogP contribution is -2.46. The van der Waals surface area contributed by atoms with Gasteiger partial charge >= 0.3 is 0 Å². The first kappa shape index (κ1) is 11.8. The van der Waals surface area contributed by atoms with E-state index >= 15 is 0 Å². The van der Waals surface area contributed by atoms with Crippen molar-refractivity contribution in [1.29, 1.82) is 0 Å². The molecule has 0 spiro atoms. The summed E-state index contributed by atoms with van der Waals surface area (Å²) in [5, 5.41) is 6.84. The number of nitrogens with zero attached hydrogens (tertiary/aromatic N) is 2. The van der Waals surface area contributed by atoms with Gasteiger partial charge in [0.05, 0.1) is 11.4 Å². The molecule has 0 radical (unpaired) electrons. The third kappa shape index (κ3) is 2.44. The number of hydrogen-bond donors (Lipinski definition) is 2. The monoisotopic (exact) mass is 246 g/mol. The van der Waals surface area contributed by atoms with Crippen molar-refractivity contribution in [1.82, 2.24) is 10.6 Å². The van der Waals surface area contributed by atoms with Gasteiger partial charge in [-0.25, -0.2) is 0 Å². The highest BCUT2D eigenvalue weighted by molar-refractivity contribution is 5.71. The molecular formula is C14H22N4. The van der Waals surface area contributed by atoms with Gasteiger partial charge in [-0.05, 0) is 12.1 Å². The average Bonchev–Trinajstić information content (AvgIpc) is 2.49. The standard InChI is InChI=1S/C14H22N4/c1-2-4-14(18-11-7-16-8-12-18)13(3-1)17-9-5-15-6-10-17/h1-4,15-16H,5-12H2. The summed E-state index contributed by atoms with van der Waals surface area (Å²) < 4.78 is 0. The Kier molecular flexibility index (Phi) is 3.67. The Balaban J connectivity index is 1.83. The molecule has 1 aromatic carbocycles. The van der Waals surface area contributed by atoms with Gasteiger partial charge in [0.1, 0.15) is 0 Å². The molecule has 2 aliphatic heterocycles. The molecule has 2 saturated heterocycles. The van der Waals surface area contributed by atoms with Crippen LogP contribution in [-0.4, -0.2) is 52.4 Å². The van der Waals surface area contributed by atoms with Gasteiger partial charge < -0.3 is 20.4 Å². The maximum Gasteiger partial charge on any atom is 0.0605 e. The molecule has 3 rings (SSSR count). The lowest BCUT2D eigenvalue weighted by molar-refractivity contribution is 0.577. The maximum absolute atomic E-state index is 3.42. The zero-order chi connectivity index (χ0) is 12.2. The Morgan fingerprint density at radius 3 is 1.44 bits per heavy atom. The van der Waals surface area contributed by atoms with E-state index in [1.165, 1.54) is 11.4 Å². The Morgan fingerprint density at radius 1 is 0.667 bits per heavy atom. The molecule has 2 aliphatic rings. The van der Waals surface area contributed by atoms with E-state index in [2.05, 4.69) is 44.7 Å². The first-order chi connectivity index (χ1) is 8.95. The van der Waals surface area contributed by atoms with Crippen molar-refractivity contribution in [2.45, 2.75) is 0 Å². The topological polar surface area (TPSA) is 30.5 Å². The van der Waals surface area contributed by atoms with Crippen LogP contribution in [0.3, 0.4) is 0 Å². The second-order valence-corrected chi connectivity index (χ2v) is 4.96. The van der Waals surface area contributed by atoms with Gasteiger partial charge in [0.2, 0.25) is 0 Å². The molecule has 98 valence electrons. The Labute approximate surface area is 109 Å². The number of hydrogen-bond acceptors (Lipinski definition) is 4. The van der Waals surface area contributed by atoms with Crippen LogP contribution in [0.1, 0.15) is 0 Å². The van der Waals surface area contributed by atoms with E-state index in [1.807, 2.05) is 0 Å². The minimum Gasteiger partial charge on any atom is -0.367 e. The van der Waals surface area contributed by atoms with Gasteiger partial charge in [-0.1, -0.05) is 12.1 Å². The molecule has 4 nitrogen and oxygen atoms in total. The summed E-state index contributed by atoms with van der Waals surface area (Å²) in [6.07, 6.45) is 0. The van der Waals surface area contributed by atoms with Gasteiger partial charge in [-0.3, -0.25) is 0 Å². The normalized spacial score (nSPS) is 21.1. The summed E-state index contributed by atoms with van der Waals surface area (Å²) >= 11 is 0. The van der Waals surface area contributed by atoms with Crippen molar-refractivity contribution < 1.29 is 0 Å². The Hall–Kier alpha value is -1.26. The molecule has 2 N–H and O–H groups in total. The summed E-state index contributed by atoms with van der Waals surface area (Å²) in [5.41, 5.74) is 2.81. The van der Waals surface area contributed by atoms with Crippen LogP contribution in [0.25, 0.3) is 0 Å². The number of para-hydroxylation sites is 2. The van der Waals surface area contributed by atoms with E-state index in [1.54, 1.807) is 0 Å². The summed E-state index contributed by atoms with van der Waals surface area (Å²) in [6, 6.07) is 8.84. The second kappa shape index (κ2) is 5.59. The van der Waals surface area contributed by atoms with E-state index in [0.29, 0.717) is 0 Å². The number of piperazine rings is 2. The molecule has 2 heterocycles. The van der Waals surface area contributed by atoms with Crippen LogP contribution in [0.5, 0.6) is 0 Å². The lowest BCUT2D eigenvalue weighted by Gasteiger charge is -2.36. The number of nitrogens with one attached hydrogen (secondary N) is 2. The van der Waals surface area contributed by atoms with E-state index < -0.39 is 0 Å². The first-order valence-corrected chi connectivity index (χ1v) is 6.95. The van der Waals surface area contributed by atoms with Gasteiger partial charge in [0.15, 0.2) is 0 Å². The van der Waals surface area contributed by atoms with E-state index in [4.69, 9.17) is 0 Å². The summed E-state index contributed by atoms with van der Waals surface area (Å²) in [6.45, 7) is 8.83.